The fraction of sp³-hybridized carbons (Fsp3) is 1.00. The smallest absolute Gasteiger partial charge is 0.0147 e. The third-order valence-corrected chi connectivity index (χ3v) is 2.37. The van der Waals surface area contributed by atoms with Crippen LogP contribution in [0.2, 0.25) is 0 Å². The Morgan fingerprint density at radius 2 is 1.67 bits per heavy atom. The van der Waals surface area contributed by atoms with Gasteiger partial charge in [-0.1, -0.05) is 13.8 Å². The van der Waals surface area contributed by atoms with E-state index < -0.39 is 0 Å². The van der Waals surface area contributed by atoms with Crippen LogP contribution in [-0.4, -0.2) is 24.0 Å². The molecule has 0 saturated carbocycles. The molecule has 0 radical (unpaired) electrons. The van der Waals surface area contributed by atoms with E-state index in [-0.39, 0.29) is 0 Å². The first-order valence-corrected chi connectivity index (χ1v) is 3.75. The molecule has 1 nitrogen and oxygen atoms in total. The minimum Gasteiger partial charge on any atom is -0.302 e. The second-order valence-corrected chi connectivity index (χ2v) is 3.18. The minimum atomic E-state index is 0.384. The summed E-state index contributed by atoms with van der Waals surface area (Å²) in [7, 11) is 2.17. The fourth-order valence-corrected chi connectivity index (χ4v) is 0.698. The predicted molar refractivity (Wildman–Crippen MR) is 42.7 cm³/mol. The highest BCUT2D eigenvalue weighted by Crippen LogP contribution is 2.14. The van der Waals surface area contributed by atoms with Crippen molar-refractivity contribution in [3.05, 3.63) is 0 Å². The van der Waals surface area contributed by atoms with Crippen molar-refractivity contribution in [1.29, 1.82) is 0 Å². The van der Waals surface area contributed by atoms with Crippen LogP contribution in [0.25, 0.3) is 0 Å². The lowest BCUT2D eigenvalue weighted by atomic mass is 10.0. The molecule has 0 fully saturated rings. The van der Waals surface area contributed by atoms with E-state index in [1.807, 2.05) is 0 Å². The largest absolute Gasteiger partial charge is 0.302 e. The molecule has 0 aliphatic carbocycles. The van der Waals surface area contributed by atoms with Crippen LogP contribution in [0.4, 0.5) is 0 Å². The molecule has 0 saturated heterocycles. The second-order valence-electron chi connectivity index (χ2n) is 3.18. The summed E-state index contributed by atoms with van der Waals surface area (Å²) in [5.74, 6) is 0. The first kappa shape index (κ1) is 8.96. The van der Waals surface area contributed by atoms with Gasteiger partial charge in [-0.25, -0.2) is 0 Å². The molecule has 0 aromatic rings. The van der Waals surface area contributed by atoms with Crippen molar-refractivity contribution < 1.29 is 0 Å². The van der Waals surface area contributed by atoms with Crippen LogP contribution < -0.4 is 0 Å². The Labute approximate surface area is 59.1 Å². The van der Waals surface area contributed by atoms with Crippen molar-refractivity contribution >= 4 is 0 Å². The van der Waals surface area contributed by atoms with Gasteiger partial charge in [0.05, 0.1) is 0 Å². The number of hydrogen-bond acceptors (Lipinski definition) is 1. The lowest BCUT2D eigenvalue weighted by Crippen LogP contribution is -2.40. The third kappa shape index (κ3) is 2.35. The Morgan fingerprint density at radius 3 is 1.78 bits per heavy atom. The first-order chi connectivity index (χ1) is 4.04. The third-order valence-electron chi connectivity index (χ3n) is 2.37. The van der Waals surface area contributed by atoms with Gasteiger partial charge >= 0.3 is 0 Å². The van der Waals surface area contributed by atoms with Crippen LogP contribution in [0.5, 0.6) is 0 Å². The van der Waals surface area contributed by atoms with Crippen molar-refractivity contribution in [3.63, 3.8) is 0 Å². The van der Waals surface area contributed by atoms with E-state index in [4.69, 9.17) is 0 Å². The zero-order valence-electron chi connectivity index (χ0n) is 7.36. The van der Waals surface area contributed by atoms with Gasteiger partial charge < -0.3 is 4.90 Å². The average molecular weight is 129 g/mol. The number of hydrogen-bond donors (Lipinski definition) is 0. The van der Waals surface area contributed by atoms with E-state index in [0.29, 0.717) is 5.54 Å². The molecule has 56 valence electrons. The van der Waals surface area contributed by atoms with E-state index in [0.717, 1.165) is 6.54 Å². The Hall–Kier alpha value is -0.0400. The van der Waals surface area contributed by atoms with Crippen LogP contribution >= 0.6 is 0 Å². The van der Waals surface area contributed by atoms with Crippen molar-refractivity contribution in [2.24, 2.45) is 0 Å². The molecule has 0 spiro atoms. The van der Waals surface area contributed by atoms with Crippen LogP contribution in [0.3, 0.4) is 0 Å². The van der Waals surface area contributed by atoms with Gasteiger partial charge in [0.25, 0.3) is 0 Å². The number of nitrogens with zero attached hydrogens (tertiary/aromatic N) is 1. The Bertz CT molecular complexity index is 76.6. The maximum absolute atomic E-state index is 2.37. The van der Waals surface area contributed by atoms with Gasteiger partial charge in [0.15, 0.2) is 0 Å². The summed E-state index contributed by atoms with van der Waals surface area (Å²) in [5, 5.41) is 0. The normalized spacial score (nSPS) is 12.7. The van der Waals surface area contributed by atoms with Crippen LogP contribution in [-0.2, 0) is 0 Å². The highest BCUT2D eigenvalue weighted by Gasteiger charge is 2.18. The molecule has 9 heavy (non-hydrogen) atoms. The van der Waals surface area contributed by atoms with Crippen molar-refractivity contribution in [2.45, 2.75) is 39.7 Å². The second kappa shape index (κ2) is 3.21. The lowest BCUT2D eigenvalue weighted by molar-refractivity contribution is 0.159. The maximum Gasteiger partial charge on any atom is 0.0147 e. The zero-order valence-corrected chi connectivity index (χ0v) is 7.36. The molecule has 0 bridgehead atoms. The molecule has 0 N–H and O–H groups in total. The molecule has 0 atom stereocenters. The van der Waals surface area contributed by atoms with Gasteiger partial charge in [-0.3, -0.25) is 0 Å². The predicted octanol–water partition coefficient (Wildman–Crippen LogP) is 2.13. The number of rotatable bonds is 3. The van der Waals surface area contributed by atoms with Gasteiger partial charge in [0.1, 0.15) is 0 Å². The van der Waals surface area contributed by atoms with Crippen molar-refractivity contribution in [3.8, 4) is 0 Å². The van der Waals surface area contributed by atoms with E-state index in [1.54, 1.807) is 0 Å². The summed E-state index contributed by atoms with van der Waals surface area (Å²) < 4.78 is 0. The quantitative estimate of drug-likeness (QED) is 0.564. The summed E-state index contributed by atoms with van der Waals surface area (Å²) in [6.07, 6.45) is 1.22. The average Bonchev–Trinajstić information content (AvgIpc) is 1.86. The van der Waals surface area contributed by atoms with E-state index in [1.165, 1.54) is 6.42 Å². The lowest BCUT2D eigenvalue weighted by Gasteiger charge is -2.33. The van der Waals surface area contributed by atoms with Crippen LogP contribution in [0.15, 0.2) is 0 Å². The summed E-state index contributed by atoms with van der Waals surface area (Å²) in [5.41, 5.74) is 0.384. The van der Waals surface area contributed by atoms with E-state index in [2.05, 4.69) is 39.6 Å². The van der Waals surface area contributed by atoms with E-state index in [9.17, 15) is 0 Å². The summed E-state index contributed by atoms with van der Waals surface area (Å²) in [6, 6.07) is 0. The molecule has 0 amide bonds. The maximum atomic E-state index is 2.37. The van der Waals surface area contributed by atoms with Crippen LogP contribution in [0, 0.1) is 0 Å². The van der Waals surface area contributed by atoms with E-state index >= 15 is 0 Å². The topological polar surface area (TPSA) is 3.24 Å². The molecular formula is C8H19N. The van der Waals surface area contributed by atoms with Gasteiger partial charge in [0.2, 0.25) is 0 Å². The highest BCUT2D eigenvalue weighted by molar-refractivity contribution is 4.75. The van der Waals surface area contributed by atoms with Crippen LogP contribution in [0.1, 0.15) is 34.1 Å². The van der Waals surface area contributed by atoms with Gasteiger partial charge in [0, 0.05) is 5.54 Å². The van der Waals surface area contributed by atoms with Gasteiger partial charge in [-0.2, -0.15) is 0 Å². The van der Waals surface area contributed by atoms with Gasteiger partial charge in [-0.05, 0) is 33.9 Å². The zero-order chi connectivity index (χ0) is 7.49. The van der Waals surface area contributed by atoms with Gasteiger partial charge in [-0.15, -0.1) is 0 Å². The molecule has 0 aromatic carbocycles. The Balaban J connectivity index is 3.80. The standard InChI is InChI=1S/C8H19N/c1-6-8(3,4)9(5)7-2/h6-7H2,1-5H3. The highest BCUT2D eigenvalue weighted by atomic mass is 15.1. The van der Waals surface area contributed by atoms with Crippen molar-refractivity contribution in [1.82, 2.24) is 4.90 Å². The molecule has 0 aliphatic heterocycles. The van der Waals surface area contributed by atoms with Crippen molar-refractivity contribution in [2.75, 3.05) is 13.6 Å². The summed E-state index contributed by atoms with van der Waals surface area (Å²) >= 11 is 0. The molecule has 0 rings (SSSR count). The monoisotopic (exact) mass is 129 g/mol. The summed E-state index contributed by atoms with van der Waals surface area (Å²) in [6.45, 7) is 10.1. The Kier molecular flexibility index (Phi) is 3.20. The molecule has 0 unspecified atom stereocenters. The molecule has 0 aromatic heterocycles. The first-order valence-electron chi connectivity index (χ1n) is 3.75. The molecule has 1 heteroatoms. The fourth-order valence-electron chi connectivity index (χ4n) is 0.698. The summed E-state index contributed by atoms with van der Waals surface area (Å²) in [4.78, 5) is 2.37. The SMILES string of the molecule is CCN(C)C(C)(C)CC. The molecule has 0 heterocycles. The molecule has 0 aliphatic rings. The minimum absolute atomic E-state index is 0.384. The Morgan fingerprint density at radius 1 is 1.22 bits per heavy atom. The molecular weight excluding hydrogens is 110 g/mol.